The molecule has 0 aromatic carbocycles. The van der Waals surface area contributed by atoms with Gasteiger partial charge in [0.1, 0.15) is 0 Å². The first-order chi connectivity index (χ1) is 26.8. The highest BCUT2D eigenvalue weighted by Crippen LogP contribution is 2.45. The minimum absolute atomic E-state index is 0.0148. The van der Waals surface area contributed by atoms with Gasteiger partial charge in [0.05, 0.1) is 25.7 Å². The number of carbonyl (C=O) groups excluding carboxylic acids is 1. The van der Waals surface area contributed by atoms with E-state index >= 15 is 0 Å². The van der Waals surface area contributed by atoms with E-state index in [1.165, 1.54) is 97.1 Å². The molecule has 4 aliphatic carbocycles. The van der Waals surface area contributed by atoms with Crippen molar-refractivity contribution < 1.29 is 34.4 Å². The van der Waals surface area contributed by atoms with E-state index in [0.717, 1.165) is 77.4 Å². The molecule has 8 unspecified atom stereocenters. The molecule has 0 bridgehead atoms. The summed E-state index contributed by atoms with van der Waals surface area (Å²) in [4.78, 5) is 22.6. The monoisotopic (exact) mass is 802 g/mol. The summed E-state index contributed by atoms with van der Waals surface area (Å²) in [7, 11) is 14.0. The molecule has 336 valence electrons. The van der Waals surface area contributed by atoms with Crippen LogP contribution in [-0.2, 0) is 19.1 Å². The van der Waals surface area contributed by atoms with Crippen LogP contribution in [0.4, 0.5) is 0 Å². The maximum absolute atomic E-state index is 12.3. The SMILES string of the molecule is CC1CCC(C)C(C)(C)C1.CCO.CN(C)CCCC1CCCCC1.CO.CO.COC(=O)C1CC(C2CCCC(CN3CCCO3)C2OC)CC(N(C)C)C1. The number of ether oxygens (including phenoxy) is 2. The van der Waals surface area contributed by atoms with E-state index in [2.05, 4.69) is 70.7 Å². The topological polar surface area (TPSA) is 115 Å². The minimum Gasteiger partial charge on any atom is -0.469 e. The van der Waals surface area contributed by atoms with Crippen LogP contribution in [0.5, 0.6) is 0 Å². The second-order valence-corrected chi connectivity index (χ2v) is 18.5. The molecule has 0 amide bonds. The lowest BCUT2D eigenvalue weighted by Crippen LogP contribution is -2.48. The van der Waals surface area contributed by atoms with Crippen LogP contribution in [0.2, 0.25) is 0 Å². The van der Waals surface area contributed by atoms with Crippen molar-refractivity contribution in [2.24, 2.45) is 46.8 Å². The van der Waals surface area contributed by atoms with Crippen molar-refractivity contribution in [1.82, 2.24) is 14.9 Å². The number of methoxy groups -OCH3 is 2. The van der Waals surface area contributed by atoms with E-state index in [9.17, 15) is 4.79 Å². The maximum Gasteiger partial charge on any atom is 0.308 e. The molecule has 4 saturated carbocycles. The highest BCUT2D eigenvalue weighted by molar-refractivity contribution is 5.72. The van der Waals surface area contributed by atoms with E-state index in [1.54, 1.807) is 6.92 Å². The van der Waals surface area contributed by atoms with Gasteiger partial charge in [-0.1, -0.05) is 72.6 Å². The number of nitrogens with zero attached hydrogens (tertiary/aromatic N) is 3. The number of carbonyl (C=O) groups is 1. The van der Waals surface area contributed by atoms with Crippen LogP contribution in [0.3, 0.4) is 0 Å². The summed E-state index contributed by atoms with van der Waals surface area (Å²) in [5.41, 5.74) is 0.609. The molecule has 0 aromatic rings. The Morgan fingerprint density at radius 2 is 1.50 bits per heavy atom. The number of aliphatic hydroxyl groups is 3. The zero-order valence-electron chi connectivity index (χ0n) is 39.1. The standard InChI is InChI=1S/C21H38N2O4.C11H23N.C10H20.C2H6O.2CH4O/c1-22(2)18-12-16(11-17(13-18)21(24)26-4)19-8-5-7-15(20(19)25-3)14-23-9-6-10-27-23;1-12(2)10-6-9-11-7-4-3-5-8-11;1-8-5-6-9(2)10(3,4)7-8;1-2-3;2*1-2/h15-20H,5-14H2,1-4H3;11H,3-10H2,1-2H3;8-9H,5-7H2,1-4H3;3H,2H2,1H3;2*2H,1H3. The van der Waals surface area contributed by atoms with E-state index in [1.807, 2.05) is 7.11 Å². The Morgan fingerprint density at radius 1 is 0.857 bits per heavy atom. The van der Waals surface area contributed by atoms with Crippen LogP contribution in [0, 0.1) is 46.8 Å². The molecule has 1 saturated heterocycles. The average Bonchev–Trinajstić information content (AvgIpc) is 3.71. The lowest BCUT2D eigenvalue weighted by molar-refractivity contribution is -0.152. The van der Waals surface area contributed by atoms with E-state index < -0.39 is 0 Å². The normalized spacial score (nSPS) is 30.4. The Labute approximate surface area is 346 Å². The third kappa shape index (κ3) is 21.4. The highest BCUT2D eigenvalue weighted by Gasteiger charge is 2.44. The molecular weight excluding hydrogens is 707 g/mol. The van der Waals surface area contributed by atoms with Gasteiger partial charge < -0.3 is 34.6 Å². The summed E-state index contributed by atoms with van der Waals surface area (Å²) in [5.74, 6) is 4.49. The Morgan fingerprint density at radius 3 is 2.00 bits per heavy atom. The van der Waals surface area contributed by atoms with E-state index in [4.69, 9.17) is 29.6 Å². The summed E-state index contributed by atoms with van der Waals surface area (Å²) < 4.78 is 11.2. The Hall–Kier alpha value is -0.850. The summed E-state index contributed by atoms with van der Waals surface area (Å²) >= 11 is 0. The molecular formula is C46H95N3O7. The van der Waals surface area contributed by atoms with Gasteiger partial charge in [-0.15, -0.1) is 0 Å². The minimum atomic E-state index is -0.0432. The molecule has 1 aliphatic heterocycles. The van der Waals surface area contributed by atoms with E-state index in [0.29, 0.717) is 29.2 Å². The molecule has 5 aliphatic rings. The predicted molar refractivity (Wildman–Crippen MR) is 233 cm³/mol. The van der Waals surface area contributed by atoms with Crippen molar-refractivity contribution in [1.29, 1.82) is 0 Å². The van der Waals surface area contributed by atoms with Gasteiger partial charge in [-0.25, -0.2) is 0 Å². The molecule has 0 aromatic heterocycles. The molecule has 8 atom stereocenters. The molecule has 5 rings (SSSR count). The lowest BCUT2D eigenvalue weighted by atomic mass is 9.65. The number of hydroxylamine groups is 2. The van der Waals surface area contributed by atoms with Crippen molar-refractivity contribution in [3.63, 3.8) is 0 Å². The first-order valence-electron chi connectivity index (χ1n) is 22.6. The fourth-order valence-corrected chi connectivity index (χ4v) is 10.0. The molecule has 10 nitrogen and oxygen atoms in total. The molecule has 1 heterocycles. The van der Waals surface area contributed by atoms with Crippen LogP contribution < -0.4 is 0 Å². The summed E-state index contributed by atoms with van der Waals surface area (Å²) in [6.45, 7) is 15.7. The Kier molecular flexibility index (Phi) is 31.5. The van der Waals surface area contributed by atoms with Gasteiger partial charge in [0.25, 0.3) is 0 Å². The van der Waals surface area contributed by atoms with Crippen LogP contribution in [0.25, 0.3) is 0 Å². The Bertz CT molecular complexity index is 926. The fraction of sp³-hybridized carbons (Fsp3) is 0.978. The van der Waals surface area contributed by atoms with Crippen LogP contribution in [0.15, 0.2) is 0 Å². The van der Waals surface area contributed by atoms with Gasteiger partial charge in [-0.05, 0) is 141 Å². The smallest absolute Gasteiger partial charge is 0.308 e. The molecule has 0 radical (unpaired) electrons. The van der Waals surface area contributed by atoms with Crippen LogP contribution >= 0.6 is 0 Å². The zero-order valence-corrected chi connectivity index (χ0v) is 39.1. The predicted octanol–water partition coefficient (Wildman–Crippen LogP) is 8.17. The van der Waals surface area contributed by atoms with E-state index in [-0.39, 0.29) is 24.6 Å². The number of hydrogen-bond donors (Lipinski definition) is 3. The fourth-order valence-electron chi connectivity index (χ4n) is 10.0. The third-order valence-electron chi connectivity index (χ3n) is 13.4. The molecule has 10 heteroatoms. The van der Waals surface area contributed by atoms with Gasteiger partial charge >= 0.3 is 5.97 Å². The van der Waals surface area contributed by atoms with Gasteiger partial charge in [-0.3, -0.25) is 9.63 Å². The molecule has 5 fully saturated rings. The molecule has 56 heavy (non-hydrogen) atoms. The second kappa shape index (κ2) is 32.0. The van der Waals surface area contributed by atoms with Gasteiger partial charge in [0, 0.05) is 53.0 Å². The summed E-state index contributed by atoms with van der Waals surface area (Å²) in [6, 6.07) is 0.438. The summed E-state index contributed by atoms with van der Waals surface area (Å²) in [5, 5.41) is 23.7. The Balaban J connectivity index is 0.000000861. The van der Waals surface area contributed by atoms with Crippen molar-refractivity contribution in [3.8, 4) is 0 Å². The van der Waals surface area contributed by atoms with Crippen molar-refractivity contribution in [2.75, 3.05) is 89.5 Å². The highest BCUT2D eigenvalue weighted by atomic mass is 16.7. The van der Waals surface area contributed by atoms with Crippen LogP contribution in [-0.4, -0.2) is 138 Å². The summed E-state index contributed by atoms with van der Waals surface area (Å²) in [6.07, 6.45) is 22.7. The molecule has 3 N–H and O–H groups in total. The first-order valence-corrected chi connectivity index (χ1v) is 22.6. The first kappa shape index (κ1) is 55.2. The number of esters is 1. The van der Waals surface area contributed by atoms with Crippen molar-refractivity contribution in [3.05, 3.63) is 0 Å². The van der Waals surface area contributed by atoms with Crippen molar-refractivity contribution in [2.45, 2.75) is 156 Å². The second-order valence-electron chi connectivity index (χ2n) is 18.5. The lowest BCUT2D eigenvalue weighted by Gasteiger charge is -2.46. The maximum atomic E-state index is 12.3. The van der Waals surface area contributed by atoms with Crippen molar-refractivity contribution >= 4 is 5.97 Å². The largest absolute Gasteiger partial charge is 0.469 e. The average molecular weight is 802 g/mol. The number of aliphatic hydroxyl groups excluding tert-OH is 3. The number of hydrogen-bond acceptors (Lipinski definition) is 10. The van der Waals surface area contributed by atoms with Gasteiger partial charge in [-0.2, -0.15) is 5.06 Å². The molecule has 0 spiro atoms. The zero-order chi connectivity index (χ0) is 42.7. The number of rotatable bonds is 10. The van der Waals surface area contributed by atoms with Gasteiger partial charge in [0.15, 0.2) is 0 Å². The van der Waals surface area contributed by atoms with Gasteiger partial charge in [0.2, 0.25) is 0 Å². The van der Waals surface area contributed by atoms with Crippen LogP contribution in [0.1, 0.15) is 144 Å². The third-order valence-corrected chi connectivity index (χ3v) is 13.4. The quantitative estimate of drug-likeness (QED) is 0.187.